The maximum Gasteiger partial charge on any atom is 0.522 e. The molecule has 7 heteroatoms. The van der Waals surface area contributed by atoms with Crippen molar-refractivity contribution in [3.8, 4) is 0 Å². The van der Waals surface area contributed by atoms with E-state index >= 15 is 0 Å². The van der Waals surface area contributed by atoms with E-state index < -0.39 is 18.6 Å². The lowest BCUT2D eigenvalue weighted by Gasteiger charge is -2.29. The van der Waals surface area contributed by atoms with Crippen LogP contribution in [0.3, 0.4) is 0 Å². The van der Waals surface area contributed by atoms with Crippen LogP contribution in [0.5, 0.6) is 0 Å². The Bertz CT molecular complexity index is 170. The summed E-state index contributed by atoms with van der Waals surface area (Å²) in [6.45, 7) is -0.0897. The standard InChI is InChI=1S/C7H11F4NO.ClH/c8-6(1-3-12-4-2-6)5-13-7(9,10)11;/h12H,1-5H2;1H. The predicted octanol–water partition coefficient (Wildman–Crippen LogP) is 2.04. The molecule has 1 rings (SSSR count). The Morgan fingerprint density at radius 1 is 1.21 bits per heavy atom. The van der Waals surface area contributed by atoms with Gasteiger partial charge in [-0.3, -0.25) is 4.74 Å². The molecule has 2 nitrogen and oxygen atoms in total. The highest BCUT2D eigenvalue weighted by Crippen LogP contribution is 2.27. The van der Waals surface area contributed by atoms with Crippen molar-refractivity contribution in [1.82, 2.24) is 5.32 Å². The molecule has 1 saturated heterocycles. The van der Waals surface area contributed by atoms with Gasteiger partial charge in [0.05, 0.1) is 6.61 Å². The van der Waals surface area contributed by atoms with E-state index in [9.17, 15) is 17.6 Å². The highest BCUT2D eigenvalue weighted by Gasteiger charge is 2.38. The summed E-state index contributed by atoms with van der Waals surface area (Å²) < 4.78 is 51.6. The van der Waals surface area contributed by atoms with E-state index in [2.05, 4.69) is 10.1 Å². The first-order valence-electron chi connectivity index (χ1n) is 4.02. The fourth-order valence-corrected chi connectivity index (χ4v) is 1.23. The lowest BCUT2D eigenvalue weighted by atomic mass is 9.96. The van der Waals surface area contributed by atoms with Gasteiger partial charge in [-0.05, 0) is 25.9 Å². The van der Waals surface area contributed by atoms with Crippen molar-refractivity contribution in [2.45, 2.75) is 24.9 Å². The Balaban J connectivity index is 0.00000169. The molecule has 1 aliphatic heterocycles. The predicted molar refractivity (Wildman–Crippen MR) is 45.2 cm³/mol. The number of rotatable bonds is 2. The zero-order valence-corrected chi connectivity index (χ0v) is 8.18. The maximum atomic E-state index is 13.4. The van der Waals surface area contributed by atoms with Crippen molar-refractivity contribution in [2.24, 2.45) is 0 Å². The Labute approximate surface area is 85.4 Å². The van der Waals surface area contributed by atoms with E-state index in [0.717, 1.165) is 0 Å². The van der Waals surface area contributed by atoms with Crippen LogP contribution < -0.4 is 5.32 Å². The normalized spacial score (nSPS) is 21.4. The summed E-state index contributed by atoms with van der Waals surface area (Å²) in [5.74, 6) is 0. The summed E-state index contributed by atoms with van der Waals surface area (Å²) in [5, 5.41) is 2.86. The van der Waals surface area contributed by atoms with Gasteiger partial charge in [0.1, 0.15) is 5.67 Å². The van der Waals surface area contributed by atoms with Crippen molar-refractivity contribution in [3.05, 3.63) is 0 Å². The molecule has 0 amide bonds. The average molecular weight is 238 g/mol. The zero-order valence-electron chi connectivity index (χ0n) is 7.36. The third kappa shape index (κ3) is 4.97. The van der Waals surface area contributed by atoms with Gasteiger partial charge >= 0.3 is 6.36 Å². The highest BCUT2D eigenvalue weighted by atomic mass is 35.5. The third-order valence-electron chi connectivity index (χ3n) is 1.99. The number of hydrogen-bond donors (Lipinski definition) is 1. The molecule has 86 valence electrons. The average Bonchev–Trinajstić information content (AvgIpc) is 2.02. The van der Waals surface area contributed by atoms with Gasteiger partial charge in [-0.15, -0.1) is 25.6 Å². The van der Waals surface area contributed by atoms with E-state index in [1.54, 1.807) is 0 Å². The Kier molecular flexibility index (Phi) is 5.11. The molecule has 0 radical (unpaired) electrons. The van der Waals surface area contributed by atoms with E-state index in [-0.39, 0.29) is 25.2 Å². The molecule has 1 heterocycles. The molecule has 1 fully saturated rings. The maximum absolute atomic E-state index is 13.4. The van der Waals surface area contributed by atoms with E-state index in [4.69, 9.17) is 0 Å². The van der Waals surface area contributed by atoms with E-state index in [1.807, 2.05) is 0 Å². The van der Waals surface area contributed by atoms with Crippen molar-refractivity contribution in [1.29, 1.82) is 0 Å². The monoisotopic (exact) mass is 237 g/mol. The molecule has 0 aromatic rings. The lowest BCUT2D eigenvalue weighted by Crippen LogP contribution is -2.43. The number of piperidine rings is 1. The molecule has 0 aromatic carbocycles. The molecule has 0 aromatic heterocycles. The fraction of sp³-hybridized carbons (Fsp3) is 1.00. The second-order valence-corrected chi connectivity index (χ2v) is 3.14. The minimum Gasteiger partial charge on any atom is -0.316 e. The largest absolute Gasteiger partial charge is 0.522 e. The first-order chi connectivity index (χ1) is 5.91. The Morgan fingerprint density at radius 3 is 2.14 bits per heavy atom. The number of alkyl halides is 4. The first-order valence-corrected chi connectivity index (χ1v) is 4.02. The molecule has 0 bridgehead atoms. The minimum atomic E-state index is -4.73. The van der Waals surface area contributed by atoms with Crippen molar-refractivity contribution in [2.75, 3.05) is 19.7 Å². The van der Waals surface area contributed by atoms with Crippen LogP contribution in [-0.4, -0.2) is 31.7 Å². The quantitative estimate of drug-likeness (QED) is 0.742. The summed E-state index contributed by atoms with van der Waals surface area (Å²) in [4.78, 5) is 0. The molecule has 0 aliphatic carbocycles. The summed E-state index contributed by atoms with van der Waals surface area (Å²) in [7, 11) is 0. The second kappa shape index (κ2) is 5.14. The smallest absolute Gasteiger partial charge is 0.316 e. The number of hydrogen-bond acceptors (Lipinski definition) is 2. The van der Waals surface area contributed by atoms with Crippen LogP contribution in [0.25, 0.3) is 0 Å². The van der Waals surface area contributed by atoms with Crippen LogP contribution in [0.2, 0.25) is 0 Å². The molecular weight excluding hydrogens is 226 g/mol. The fourth-order valence-electron chi connectivity index (χ4n) is 1.23. The number of ether oxygens (including phenoxy) is 1. The van der Waals surface area contributed by atoms with Crippen LogP contribution in [0.15, 0.2) is 0 Å². The first kappa shape index (κ1) is 13.9. The van der Waals surface area contributed by atoms with E-state index in [0.29, 0.717) is 13.1 Å². The Hall–Kier alpha value is -0.0700. The molecule has 0 saturated carbocycles. The molecule has 0 spiro atoms. The van der Waals surface area contributed by atoms with Gasteiger partial charge < -0.3 is 5.32 Å². The second-order valence-electron chi connectivity index (χ2n) is 3.14. The number of nitrogens with one attached hydrogen (secondary N) is 1. The molecule has 0 unspecified atom stereocenters. The van der Waals surface area contributed by atoms with Gasteiger partial charge in [0.2, 0.25) is 0 Å². The van der Waals surface area contributed by atoms with Crippen LogP contribution >= 0.6 is 12.4 Å². The van der Waals surface area contributed by atoms with Crippen molar-refractivity contribution < 1.29 is 22.3 Å². The summed E-state index contributed by atoms with van der Waals surface area (Å²) in [6.07, 6.45) is -4.59. The number of halogens is 5. The molecular formula is C7H12ClF4NO. The van der Waals surface area contributed by atoms with Crippen LogP contribution in [0, 0.1) is 0 Å². The van der Waals surface area contributed by atoms with Gasteiger partial charge in [-0.25, -0.2) is 4.39 Å². The summed E-state index contributed by atoms with van der Waals surface area (Å²) in [5.41, 5.74) is -1.82. The van der Waals surface area contributed by atoms with Gasteiger partial charge in [-0.1, -0.05) is 0 Å². The summed E-state index contributed by atoms with van der Waals surface area (Å²) >= 11 is 0. The van der Waals surface area contributed by atoms with Gasteiger partial charge in [0, 0.05) is 0 Å². The highest BCUT2D eigenvalue weighted by molar-refractivity contribution is 5.85. The topological polar surface area (TPSA) is 21.3 Å². The van der Waals surface area contributed by atoms with Crippen LogP contribution in [0.1, 0.15) is 12.8 Å². The van der Waals surface area contributed by atoms with Crippen molar-refractivity contribution >= 4 is 12.4 Å². The summed E-state index contributed by atoms with van der Waals surface area (Å²) in [6, 6.07) is 0. The molecule has 14 heavy (non-hydrogen) atoms. The Morgan fingerprint density at radius 2 is 1.71 bits per heavy atom. The molecule has 1 aliphatic rings. The van der Waals surface area contributed by atoms with Gasteiger partial charge in [0.15, 0.2) is 0 Å². The molecule has 0 atom stereocenters. The zero-order chi connectivity index (χ0) is 9.95. The SMILES string of the molecule is Cl.FC1(COC(F)(F)F)CCNCC1. The van der Waals surface area contributed by atoms with Gasteiger partial charge in [0.25, 0.3) is 0 Å². The van der Waals surface area contributed by atoms with Crippen LogP contribution in [0.4, 0.5) is 17.6 Å². The van der Waals surface area contributed by atoms with Gasteiger partial charge in [-0.2, -0.15) is 0 Å². The molecule has 1 N–H and O–H groups in total. The third-order valence-corrected chi connectivity index (χ3v) is 1.99. The van der Waals surface area contributed by atoms with Crippen LogP contribution in [-0.2, 0) is 4.74 Å². The van der Waals surface area contributed by atoms with E-state index in [1.165, 1.54) is 0 Å². The lowest BCUT2D eigenvalue weighted by molar-refractivity contribution is -0.334. The van der Waals surface area contributed by atoms with Crippen molar-refractivity contribution in [3.63, 3.8) is 0 Å². The minimum absolute atomic E-state index is 0.